The molecule has 1 aliphatic carbocycles. The van der Waals surface area contributed by atoms with E-state index in [2.05, 4.69) is 15.5 Å². The Hall–Kier alpha value is -2.17. The lowest BCUT2D eigenvalue weighted by Gasteiger charge is -2.19. The minimum absolute atomic E-state index is 0.0352. The van der Waals surface area contributed by atoms with Gasteiger partial charge in [0.1, 0.15) is 5.82 Å². The van der Waals surface area contributed by atoms with Crippen molar-refractivity contribution < 1.29 is 9.18 Å². The summed E-state index contributed by atoms with van der Waals surface area (Å²) < 4.78 is 13.0. The first-order valence-corrected chi connectivity index (χ1v) is 8.44. The molecule has 1 atom stereocenters. The van der Waals surface area contributed by atoms with Crippen molar-refractivity contribution in [2.24, 2.45) is 5.41 Å². The monoisotopic (exact) mass is 329 g/mol. The maximum atomic E-state index is 13.0. The minimum atomic E-state index is -0.217. The van der Waals surface area contributed by atoms with Gasteiger partial charge in [-0.25, -0.2) is 4.39 Å². The van der Waals surface area contributed by atoms with E-state index in [1.54, 1.807) is 0 Å². The van der Waals surface area contributed by atoms with E-state index in [9.17, 15) is 9.18 Å². The van der Waals surface area contributed by atoms with E-state index < -0.39 is 0 Å². The number of carbonyl (C=O) groups excluding carboxylic acids is 1. The van der Waals surface area contributed by atoms with Crippen LogP contribution in [0.3, 0.4) is 0 Å². The molecule has 24 heavy (non-hydrogen) atoms. The first-order valence-electron chi connectivity index (χ1n) is 8.44. The number of carbonyl (C=O) groups is 1. The molecular formula is C19H24FN3O. The molecule has 1 amide bonds. The predicted molar refractivity (Wildman–Crippen MR) is 91.3 cm³/mol. The van der Waals surface area contributed by atoms with Gasteiger partial charge in [0.2, 0.25) is 5.91 Å². The predicted octanol–water partition coefficient (Wildman–Crippen LogP) is 3.41. The highest BCUT2D eigenvalue weighted by Gasteiger charge is 2.42. The van der Waals surface area contributed by atoms with Crippen LogP contribution in [0.25, 0.3) is 0 Å². The molecule has 0 bridgehead atoms. The Bertz CT molecular complexity index is 712. The Morgan fingerprint density at radius 2 is 2.00 bits per heavy atom. The minimum Gasteiger partial charge on any atom is -0.355 e. The third-order valence-corrected chi connectivity index (χ3v) is 5.10. The highest BCUT2D eigenvalue weighted by atomic mass is 19.1. The summed E-state index contributed by atoms with van der Waals surface area (Å²) >= 11 is 0. The number of aromatic amines is 1. The van der Waals surface area contributed by atoms with Crippen LogP contribution < -0.4 is 5.32 Å². The van der Waals surface area contributed by atoms with Gasteiger partial charge in [-0.15, -0.1) is 0 Å². The number of aromatic nitrogens is 2. The maximum Gasteiger partial charge on any atom is 0.227 e. The van der Waals surface area contributed by atoms with Gasteiger partial charge < -0.3 is 5.32 Å². The molecule has 2 aromatic rings. The van der Waals surface area contributed by atoms with E-state index in [4.69, 9.17) is 0 Å². The summed E-state index contributed by atoms with van der Waals surface area (Å²) in [6, 6.07) is 6.66. The lowest BCUT2D eigenvalue weighted by Crippen LogP contribution is -2.34. The molecule has 0 radical (unpaired) electrons. The fraction of sp³-hybridized carbons (Fsp3) is 0.474. The van der Waals surface area contributed by atoms with Crippen LogP contribution in [0, 0.1) is 25.1 Å². The standard InChI is InChI=1S/C19H24FN3O/c1-12(17-13(2)22-23-14(17)3)18(24)21-11-19(8-9-19)10-15-4-6-16(20)7-5-15/h4-7,12H,8-11H2,1-3H3,(H,21,24)(H,22,23). The summed E-state index contributed by atoms with van der Waals surface area (Å²) in [6.07, 6.45) is 3.08. The van der Waals surface area contributed by atoms with Gasteiger partial charge in [0.15, 0.2) is 0 Å². The first-order chi connectivity index (χ1) is 11.4. The second-order valence-corrected chi connectivity index (χ2v) is 7.09. The zero-order valence-corrected chi connectivity index (χ0v) is 14.4. The summed E-state index contributed by atoms with van der Waals surface area (Å²) in [7, 11) is 0. The topological polar surface area (TPSA) is 57.8 Å². The summed E-state index contributed by atoms with van der Waals surface area (Å²) in [6.45, 7) is 6.44. The number of halogens is 1. The third-order valence-electron chi connectivity index (χ3n) is 5.10. The second-order valence-electron chi connectivity index (χ2n) is 7.09. The Kier molecular flexibility index (Phi) is 4.43. The van der Waals surface area contributed by atoms with Crippen molar-refractivity contribution in [2.75, 3.05) is 6.54 Å². The number of benzene rings is 1. The summed E-state index contributed by atoms with van der Waals surface area (Å²) in [5.74, 6) is -0.394. The number of hydrogen-bond donors (Lipinski definition) is 2. The van der Waals surface area contributed by atoms with Crippen molar-refractivity contribution in [3.8, 4) is 0 Å². The molecule has 1 aromatic carbocycles. The molecular weight excluding hydrogens is 305 g/mol. The van der Waals surface area contributed by atoms with Gasteiger partial charge in [-0.2, -0.15) is 5.10 Å². The van der Waals surface area contributed by atoms with E-state index >= 15 is 0 Å². The number of amides is 1. The Morgan fingerprint density at radius 1 is 1.33 bits per heavy atom. The molecule has 128 valence electrons. The second kappa shape index (κ2) is 6.38. The normalized spacial score (nSPS) is 16.7. The highest BCUT2D eigenvalue weighted by molar-refractivity contribution is 5.83. The van der Waals surface area contributed by atoms with Gasteiger partial charge in [0, 0.05) is 17.8 Å². The van der Waals surface area contributed by atoms with E-state index in [0.29, 0.717) is 6.54 Å². The number of hydrogen-bond acceptors (Lipinski definition) is 2. The molecule has 1 aliphatic rings. The van der Waals surface area contributed by atoms with Crippen LogP contribution >= 0.6 is 0 Å². The Balaban J connectivity index is 1.58. The number of nitrogens with one attached hydrogen (secondary N) is 2. The van der Waals surface area contributed by atoms with Crippen LogP contribution in [0.15, 0.2) is 24.3 Å². The van der Waals surface area contributed by atoms with E-state index in [0.717, 1.165) is 41.8 Å². The number of rotatable bonds is 6. The molecule has 0 spiro atoms. The van der Waals surface area contributed by atoms with E-state index in [1.807, 2.05) is 32.9 Å². The van der Waals surface area contributed by atoms with Crippen LogP contribution in [-0.2, 0) is 11.2 Å². The molecule has 3 rings (SSSR count). The van der Waals surface area contributed by atoms with Crippen molar-refractivity contribution in [2.45, 2.75) is 46.0 Å². The van der Waals surface area contributed by atoms with Crippen molar-refractivity contribution in [1.82, 2.24) is 15.5 Å². The molecule has 1 aromatic heterocycles. The average molecular weight is 329 g/mol. The van der Waals surface area contributed by atoms with Crippen molar-refractivity contribution in [1.29, 1.82) is 0 Å². The molecule has 1 unspecified atom stereocenters. The molecule has 1 fully saturated rings. The number of H-pyrrole nitrogens is 1. The van der Waals surface area contributed by atoms with Crippen molar-refractivity contribution in [3.63, 3.8) is 0 Å². The van der Waals surface area contributed by atoms with Crippen LogP contribution in [0.1, 0.15) is 48.2 Å². The van der Waals surface area contributed by atoms with Gasteiger partial charge in [0.25, 0.3) is 0 Å². The summed E-state index contributed by atoms with van der Waals surface area (Å²) in [5, 5.41) is 10.2. The van der Waals surface area contributed by atoms with Gasteiger partial charge in [-0.3, -0.25) is 9.89 Å². The number of aryl methyl sites for hydroxylation is 2. The largest absolute Gasteiger partial charge is 0.355 e. The van der Waals surface area contributed by atoms with Crippen LogP contribution in [0.5, 0.6) is 0 Å². The molecule has 4 nitrogen and oxygen atoms in total. The zero-order chi connectivity index (χ0) is 17.3. The maximum absolute atomic E-state index is 13.0. The smallest absolute Gasteiger partial charge is 0.227 e. The Morgan fingerprint density at radius 3 is 2.54 bits per heavy atom. The summed E-state index contributed by atoms with van der Waals surface area (Å²) in [4.78, 5) is 12.5. The molecule has 0 saturated heterocycles. The van der Waals surface area contributed by atoms with Crippen LogP contribution in [0.2, 0.25) is 0 Å². The molecule has 1 heterocycles. The van der Waals surface area contributed by atoms with Crippen molar-refractivity contribution >= 4 is 5.91 Å². The van der Waals surface area contributed by atoms with Crippen molar-refractivity contribution in [3.05, 3.63) is 52.6 Å². The Labute approximate surface area is 141 Å². The van der Waals surface area contributed by atoms with Gasteiger partial charge >= 0.3 is 0 Å². The number of nitrogens with zero attached hydrogens (tertiary/aromatic N) is 1. The van der Waals surface area contributed by atoms with E-state index in [-0.39, 0.29) is 23.1 Å². The molecule has 0 aliphatic heterocycles. The van der Waals surface area contributed by atoms with Gasteiger partial charge in [0.05, 0.1) is 11.6 Å². The highest BCUT2D eigenvalue weighted by Crippen LogP contribution is 2.47. The quantitative estimate of drug-likeness (QED) is 0.853. The molecule has 2 N–H and O–H groups in total. The fourth-order valence-electron chi connectivity index (χ4n) is 3.38. The zero-order valence-electron chi connectivity index (χ0n) is 14.4. The average Bonchev–Trinajstić information content (AvgIpc) is 3.24. The lowest BCUT2D eigenvalue weighted by atomic mass is 9.95. The van der Waals surface area contributed by atoms with Gasteiger partial charge in [-0.1, -0.05) is 12.1 Å². The molecule has 5 heteroatoms. The third kappa shape index (κ3) is 3.50. The summed E-state index contributed by atoms with van der Waals surface area (Å²) in [5.41, 5.74) is 4.06. The van der Waals surface area contributed by atoms with Crippen LogP contribution in [0.4, 0.5) is 4.39 Å². The van der Waals surface area contributed by atoms with Gasteiger partial charge in [-0.05, 0) is 63.1 Å². The molecule has 1 saturated carbocycles. The lowest BCUT2D eigenvalue weighted by molar-refractivity contribution is -0.122. The van der Waals surface area contributed by atoms with Crippen LogP contribution in [-0.4, -0.2) is 22.6 Å². The first kappa shape index (κ1) is 16.7. The fourth-order valence-corrected chi connectivity index (χ4v) is 3.38. The SMILES string of the molecule is Cc1n[nH]c(C)c1C(C)C(=O)NCC1(Cc2ccc(F)cc2)CC1. The van der Waals surface area contributed by atoms with E-state index in [1.165, 1.54) is 12.1 Å².